The highest BCUT2D eigenvalue weighted by Gasteiger charge is 2.22. The van der Waals surface area contributed by atoms with E-state index in [0.29, 0.717) is 37.6 Å². The minimum atomic E-state index is -0.255. The van der Waals surface area contributed by atoms with Crippen LogP contribution in [0.3, 0.4) is 0 Å². The first kappa shape index (κ1) is 18.4. The van der Waals surface area contributed by atoms with Crippen LogP contribution in [0.4, 0.5) is 10.1 Å². The summed E-state index contributed by atoms with van der Waals surface area (Å²) in [6.07, 6.45) is 0.287. The van der Waals surface area contributed by atoms with E-state index in [2.05, 4.69) is 10.2 Å². The van der Waals surface area contributed by atoms with Crippen molar-refractivity contribution >= 4 is 11.6 Å². The zero-order chi connectivity index (χ0) is 18.4. The van der Waals surface area contributed by atoms with E-state index in [1.807, 2.05) is 24.3 Å². The first-order valence-corrected chi connectivity index (χ1v) is 8.68. The van der Waals surface area contributed by atoms with E-state index in [1.54, 1.807) is 19.2 Å². The largest absolute Gasteiger partial charge is 0.495 e. The van der Waals surface area contributed by atoms with Crippen molar-refractivity contribution < 1.29 is 18.7 Å². The van der Waals surface area contributed by atoms with Crippen LogP contribution in [0.2, 0.25) is 0 Å². The fraction of sp³-hybridized carbons (Fsp3) is 0.350. The number of anilines is 1. The van der Waals surface area contributed by atoms with E-state index in [9.17, 15) is 9.18 Å². The van der Waals surface area contributed by atoms with Gasteiger partial charge in [-0.15, -0.1) is 0 Å². The molecule has 0 aromatic heterocycles. The fourth-order valence-corrected chi connectivity index (χ4v) is 3.00. The van der Waals surface area contributed by atoms with Crippen molar-refractivity contribution in [3.8, 4) is 5.75 Å². The number of benzene rings is 2. The van der Waals surface area contributed by atoms with Crippen molar-refractivity contribution in [2.24, 2.45) is 0 Å². The molecule has 1 aliphatic rings. The molecular weight excluding hydrogens is 335 g/mol. The highest BCUT2D eigenvalue weighted by molar-refractivity contribution is 5.92. The normalized spacial score (nSPS) is 17.7. The molecule has 1 atom stereocenters. The Labute approximate surface area is 152 Å². The van der Waals surface area contributed by atoms with Crippen molar-refractivity contribution in [3.05, 3.63) is 59.9 Å². The van der Waals surface area contributed by atoms with Gasteiger partial charge in [0.15, 0.2) is 0 Å². The summed E-state index contributed by atoms with van der Waals surface area (Å²) in [6.45, 7) is 2.70. The van der Waals surface area contributed by atoms with Crippen LogP contribution in [-0.4, -0.2) is 44.2 Å². The summed E-state index contributed by atoms with van der Waals surface area (Å²) in [7, 11) is 1.58. The minimum Gasteiger partial charge on any atom is -0.495 e. The van der Waals surface area contributed by atoms with Gasteiger partial charge in [-0.2, -0.15) is 0 Å². The molecule has 0 aliphatic carbocycles. The molecule has 2 aromatic rings. The molecule has 1 fully saturated rings. The van der Waals surface area contributed by atoms with E-state index in [4.69, 9.17) is 9.47 Å². The Hall–Kier alpha value is -2.44. The van der Waals surface area contributed by atoms with Gasteiger partial charge >= 0.3 is 0 Å². The van der Waals surface area contributed by atoms with Gasteiger partial charge in [-0.1, -0.05) is 24.3 Å². The number of carbonyl (C=O) groups excluding carboxylic acids is 1. The summed E-state index contributed by atoms with van der Waals surface area (Å²) in [5.41, 5.74) is 1.63. The predicted molar refractivity (Wildman–Crippen MR) is 97.8 cm³/mol. The smallest absolute Gasteiger partial charge is 0.225 e. The van der Waals surface area contributed by atoms with Crippen LogP contribution in [0.1, 0.15) is 18.1 Å². The average molecular weight is 358 g/mol. The predicted octanol–water partition coefficient (Wildman–Crippen LogP) is 3.24. The summed E-state index contributed by atoms with van der Waals surface area (Å²) in [6, 6.07) is 13.7. The first-order chi connectivity index (χ1) is 12.7. The lowest BCUT2D eigenvalue weighted by atomic mass is 10.1. The van der Waals surface area contributed by atoms with Crippen LogP contribution in [-0.2, 0) is 9.53 Å². The third-order valence-corrected chi connectivity index (χ3v) is 4.43. The quantitative estimate of drug-likeness (QED) is 0.861. The van der Waals surface area contributed by atoms with E-state index in [-0.39, 0.29) is 17.8 Å². The Morgan fingerprint density at radius 2 is 2.04 bits per heavy atom. The Bertz CT molecular complexity index is 736. The molecule has 1 aliphatic heterocycles. The summed E-state index contributed by atoms with van der Waals surface area (Å²) in [5.74, 6) is 0.331. The summed E-state index contributed by atoms with van der Waals surface area (Å²) in [4.78, 5) is 14.4. The minimum absolute atomic E-state index is 0.0562. The molecule has 1 amide bonds. The second kappa shape index (κ2) is 8.78. The number of rotatable bonds is 6. The Morgan fingerprint density at radius 1 is 1.27 bits per heavy atom. The van der Waals surface area contributed by atoms with Gasteiger partial charge in [-0.3, -0.25) is 9.69 Å². The average Bonchev–Trinajstić information content (AvgIpc) is 2.67. The van der Waals surface area contributed by atoms with Crippen molar-refractivity contribution in [1.29, 1.82) is 0 Å². The topological polar surface area (TPSA) is 50.8 Å². The van der Waals surface area contributed by atoms with Gasteiger partial charge in [0.25, 0.3) is 0 Å². The van der Waals surface area contributed by atoms with Crippen LogP contribution in [0.5, 0.6) is 5.75 Å². The van der Waals surface area contributed by atoms with Gasteiger partial charge in [-0.05, 0) is 29.8 Å². The molecule has 0 saturated carbocycles. The van der Waals surface area contributed by atoms with Crippen LogP contribution in [0.15, 0.2) is 48.5 Å². The Kier molecular flexibility index (Phi) is 6.20. The molecule has 1 N–H and O–H groups in total. The van der Waals surface area contributed by atoms with Crippen LogP contribution < -0.4 is 10.1 Å². The second-order valence-electron chi connectivity index (χ2n) is 6.21. The van der Waals surface area contributed by atoms with E-state index >= 15 is 0 Å². The molecule has 1 saturated heterocycles. The molecule has 0 bridgehead atoms. The van der Waals surface area contributed by atoms with E-state index in [0.717, 1.165) is 12.1 Å². The molecule has 5 nitrogen and oxygen atoms in total. The molecule has 1 unspecified atom stereocenters. The number of hydrogen-bond acceptors (Lipinski definition) is 4. The van der Waals surface area contributed by atoms with Crippen LogP contribution >= 0.6 is 0 Å². The number of nitrogens with one attached hydrogen (secondary N) is 1. The number of methoxy groups -OCH3 is 1. The van der Waals surface area contributed by atoms with Crippen LogP contribution in [0, 0.1) is 5.82 Å². The fourth-order valence-electron chi connectivity index (χ4n) is 3.00. The summed E-state index contributed by atoms with van der Waals surface area (Å²) >= 11 is 0. The highest BCUT2D eigenvalue weighted by atomic mass is 19.1. The Balaban J connectivity index is 1.51. The SMILES string of the molecule is COc1ccccc1NC(=O)CCN1CCOC(c2ccc(F)cc2)C1. The molecule has 0 spiro atoms. The van der Waals surface area contributed by atoms with E-state index < -0.39 is 0 Å². The number of para-hydroxylation sites is 2. The maximum Gasteiger partial charge on any atom is 0.225 e. The van der Waals surface area contributed by atoms with Gasteiger partial charge in [0.05, 0.1) is 25.5 Å². The van der Waals surface area contributed by atoms with Gasteiger partial charge < -0.3 is 14.8 Å². The van der Waals surface area contributed by atoms with Crippen molar-refractivity contribution in [3.63, 3.8) is 0 Å². The molecule has 6 heteroatoms. The van der Waals surface area contributed by atoms with Gasteiger partial charge in [-0.25, -0.2) is 4.39 Å². The number of nitrogens with zero attached hydrogens (tertiary/aromatic N) is 1. The number of halogens is 1. The number of morpholine rings is 1. The monoisotopic (exact) mass is 358 g/mol. The van der Waals surface area contributed by atoms with Gasteiger partial charge in [0, 0.05) is 26.1 Å². The molecule has 1 heterocycles. The van der Waals surface area contributed by atoms with E-state index in [1.165, 1.54) is 12.1 Å². The zero-order valence-corrected chi connectivity index (χ0v) is 14.8. The molecule has 3 rings (SSSR count). The maximum absolute atomic E-state index is 13.1. The molecule has 26 heavy (non-hydrogen) atoms. The zero-order valence-electron chi connectivity index (χ0n) is 14.8. The molecule has 0 radical (unpaired) electrons. The molecular formula is C20H23FN2O3. The van der Waals surface area contributed by atoms with Crippen molar-refractivity contribution in [2.75, 3.05) is 38.7 Å². The number of carbonyl (C=O) groups is 1. The number of amides is 1. The van der Waals surface area contributed by atoms with Crippen LogP contribution in [0.25, 0.3) is 0 Å². The second-order valence-corrected chi connectivity index (χ2v) is 6.21. The standard InChI is InChI=1S/C20H23FN2O3/c1-25-18-5-3-2-4-17(18)22-20(24)10-11-23-12-13-26-19(14-23)15-6-8-16(21)9-7-15/h2-9,19H,10-14H2,1H3,(H,22,24). The highest BCUT2D eigenvalue weighted by Crippen LogP contribution is 2.24. The Morgan fingerprint density at radius 3 is 2.81 bits per heavy atom. The van der Waals surface area contributed by atoms with Gasteiger partial charge in [0.2, 0.25) is 5.91 Å². The lowest BCUT2D eigenvalue weighted by Gasteiger charge is -2.33. The summed E-state index contributed by atoms with van der Waals surface area (Å²) in [5, 5.41) is 2.89. The maximum atomic E-state index is 13.1. The number of hydrogen-bond donors (Lipinski definition) is 1. The molecule has 2 aromatic carbocycles. The van der Waals surface area contributed by atoms with Crippen molar-refractivity contribution in [2.45, 2.75) is 12.5 Å². The lowest BCUT2D eigenvalue weighted by Crippen LogP contribution is -2.39. The van der Waals surface area contributed by atoms with Crippen molar-refractivity contribution in [1.82, 2.24) is 4.90 Å². The summed E-state index contributed by atoms with van der Waals surface area (Å²) < 4.78 is 24.1. The molecule has 138 valence electrons. The lowest BCUT2D eigenvalue weighted by molar-refractivity contribution is -0.117. The first-order valence-electron chi connectivity index (χ1n) is 8.68. The van der Waals surface area contributed by atoms with Gasteiger partial charge in [0.1, 0.15) is 11.6 Å². The number of ether oxygens (including phenoxy) is 2. The third-order valence-electron chi connectivity index (χ3n) is 4.43. The third kappa shape index (κ3) is 4.80.